The molecular weight excluding hydrogens is 226 g/mol. The van der Waals surface area contributed by atoms with Gasteiger partial charge in [-0.15, -0.1) is 0 Å². The van der Waals surface area contributed by atoms with Gasteiger partial charge >= 0.3 is 0 Å². The highest BCUT2D eigenvalue weighted by atomic mass is 16.2. The number of carbonyl (C=O) groups excluding carboxylic acids is 1. The van der Waals surface area contributed by atoms with Crippen molar-refractivity contribution >= 4 is 22.5 Å². The number of hydrogen-bond acceptors (Lipinski definition) is 3. The van der Waals surface area contributed by atoms with Crippen LogP contribution in [0.1, 0.15) is 12.8 Å². The molecule has 4 nitrogen and oxygen atoms in total. The number of fused-ring (bicyclic) bond motifs is 1. The van der Waals surface area contributed by atoms with E-state index in [1.165, 1.54) is 0 Å². The molecule has 0 saturated carbocycles. The number of nitrogens with one attached hydrogen (secondary N) is 2. The highest BCUT2D eigenvalue weighted by Gasteiger charge is 2.22. The van der Waals surface area contributed by atoms with Crippen molar-refractivity contribution < 1.29 is 4.79 Å². The summed E-state index contributed by atoms with van der Waals surface area (Å²) in [5.74, 6) is 0.0452. The van der Waals surface area contributed by atoms with Crippen LogP contribution < -0.4 is 10.6 Å². The molecule has 4 heteroatoms. The molecule has 2 heterocycles. The third-order valence-corrected chi connectivity index (χ3v) is 3.28. The molecule has 3 rings (SSSR count). The van der Waals surface area contributed by atoms with Crippen molar-refractivity contribution in [3.05, 3.63) is 36.5 Å². The molecule has 2 aromatic rings. The molecule has 1 saturated heterocycles. The van der Waals surface area contributed by atoms with Crippen LogP contribution in [0.5, 0.6) is 0 Å². The molecule has 0 spiro atoms. The van der Waals surface area contributed by atoms with Gasteiger partial charge in [-0.3, -0.25) is 9.78 Å². The first-order valence-electron chi connectivity index (χ1n) is 6.22. The SMILES string of the molecule is O=C(Nc1cccc2ncccc12)[C@@H]1CCCN1. The van der Waals surface area contributed by atoms with Crippen LogP contribution in [0, 0.1) is 0 Å². The first-order chi connectivity index (χ1) is 8.84. The van der Waals surface area contributed by atoms with Crippen molar-refractivity contribution in [3.63, 3.8) is 0 Å². The van der Waals surface area contributed by atoms with Gasteiger partial charge < -0.3 is 10.6 Å². The Morgan fingerprint density at radius 3 is 3.11 bits per heavy atom. The average molecular weight is 241 g/mol. The van der Waals surface area contributed by atoms with E-state index in [2.05, 4.69) is 15.6 Å². The van der Waals surface area contributed by atoms with Crippen LogP contribution in [0.3, 0.4) is 0 Å². The molecule has 1 aliphatic heterocycles. The van der Waals surface area contributed by atoms with Crippen molar-refractivity contribution in [3.8, 4) is 0 Å². The van der Waals surface area contributed by atoms with E-state index in [1.54, 1.807) is 6.20 Å². The third-order valence-electron chi connectivity index (χ3n) is 3.28. The van der Waals surface area contributed by atoms with Gasteiger partial charge in [0, 0.05) is 11.6 Å². The number of benzene rings is 1. The number of carbonyl (C=O) groups is 1. The first kappa shape index (κ1) is 11.2. The van der Waals surface area contributed by atoms with Gasteiger partial charge in [0.15, 0.2) is 0 Å². The fourth-order valence-corrected chi connectivity index (χ4v) is 2.34. The van der Waals surface area contributed by atoms with Crippen LogP contribution in [0.25, 0.3) is 10.9 Å². The minimum atomic E-state index is -0.0584. The number of aromatic nitrogens is 1. The van der Waals surface area contributed by atoms with Gasteiger partial charge in [0.2, 0.25) is 5.91 Å². The van der Waals surface area contributed by atoms with Gasteiger partial charge in [0.05, 0.1) is 17.2 Å². The fourth-order valence-electron chi connectivity index (χ4n) is 2.34. The molecule has 92 valence electrons. The number of hydrogen-bond donors (Lipinski definition) is 2. The lowest BCUT2D eigenvalue weighted by Crippen LogP contribution is -2.35. The van der Waals surface area contributed by atoms with E-state index in [0.29, 0.717) is 0 Å². The predicted octanol–water partition coefficient (Wildman–Crippen LogP) is 1.93. The lowest BCUT2D eigenvalue weighted by atomic mass is 10.1. The fraction of sp³-hybridized carbons (Fsp3) is 0.286. The van der Waals surface area contributed by atoms with Crippen LogP contribution in [0.15, 0.2) is 36.5 Å². The summed E-state index contributed by atoms with van der Waals surface area (Å²) >= 11 is 0. The Hall–Kier alpha value is -1.94. The Kier molecular flexibility index (Phi) is 2.94. The Morgan fingerprint density at radius 2 is 2.28 bits per heavy atom. The quantitative estimate of drug-likeness (QED) is 0.844. The second-order valence-corrected chi connectivity index (χ2v) is 4.51. The summed E-state index contributed by atoms with van der Waals surface area (Å²) in [6.07, 6.45) is 3.73. The van der Waals surface area contributed by atoms with Gasteiger partial charge in [-0.1, -0.05) is 6.07 Å². The van der Waals surface area contributed by atoms with Crippen molar-refractivity contribution in [2.45, 2.75) is 18.9 Å². The zero-order valence-electron chi connectivity index (χ0n) is 10.0. The topological polar surface area (TPSA) is 54.0 Å². The molecule has 1 aromatic heterocycles. The summed E-state index contributed by atoms with van der Waals surface area (Å²) in [5, 5.41) is 7.16. The second kappa shape index (κ2) is 4.74. The number of rotatable bonds is 2. The average Bonchev–Trinajstić information content (AvgIpc) is 2.93. The third kappa shape index (κ3) is 2.07. The van der Waals surface area contributed by atoms with Crippen molar-refractivity contribution in [2.24, 2.45) is 0 Å². The number of amides is 1. The van der Waals surface area contributed by atoms with Gasteiger partial charge in [0.1, 0.15) is 0 Å². The number of pyridine rings is 1. The standard InChI is InChI=1S/C14H15N3O/c18-14(13-7-3-9-16-13)17-12-6-1-5-11-10(12)4-2-8-15-11/h1-2,4-6,8,13,16H,3,7,9H2,(H,17,18)/t13-/m0/s1. The summed E-state index contributed by atoms with van der Waals surface area (Å²) in [7, 11) is 0. The monoisotopic (exact) mass is 241 g/mol. The highest BCUT2D eigenvalue weighted by molar-refractivity contribution is 6.02. The summed E-state index contributed by atoms with van der Waals surface area (Å²) in [5.41, 5.74) is 1.73. The molecule has 18 heavy (non-hydrogen) atoms. The molecule has 0 bridgehead atoms. The van der Waals surface area contributed by atoms with E-state index >= 15 is 0 Å². The van der Waals surface area contributed by atoms with Crippen LogP contribution in [0.2, 0.25) is 0 Å². The van der Waals surface area contributed by atoms with E-state index in [-0.39, 0.29) is 11.9 Å². The van der Waals surface area contributed by atoms with Gasteiger partial charge in [-0.05, 0) is 43.7 Å². The maximum Gasteiger partial charge on any atom is 0.241 e. The van der Waals surface area contributed by atoms with E-state index in [0.717, 1.165) is 36.0 Å². The number of anilines is 1. The molecule has 1 atom stereocenters. The first-order valence-corrected chi connectivity index (χ1v) is 6.22. The summed E-state index contributed by atoms with van der Waals surface area (Å²) < 4.78 is 0. The molecule has 1 fully saturated rings. The highest BCUT2D eigenvalue weighted by Crippen LogP contribution is 2.21. The van der Waals surface area contributed by atoms with E-state index < -0.39 is 0 Å². The minimum absolute atomic E-state index is 0.0452. The molecule has 2 N–H and O–H groups in total. The maximum absolute atomic E-state index is 12.1. The Morgan fingerprint density at radius 1 is 1.33 bits per heavy atom. The molecule has 1 aliphatic rings. The normalized spacial score (nSPS) is 19.0. The minimum Gasteiger partial charge on any atom is -0.324 e. The van der Waals surface area contributed by atoms with Gasteiger partial charge in [0.25, 0.3) is 0 Å². The number of nitrogens with zero attached hydrogens (tertiary/aromatic N) is 1. The van der Waals surface area contributed by atoms with Crippen LogP contribution in [0.4, 0.5) is 5.69 Å². The maximum atomic E-state index is 12.1. The summed E-state index contributed by atoms with van der Waals surface area (Å²) in [4.78, 5) is 16.3. The van der Waals surface area contributed by atoms with Gasteiger partial charge in [-0.25, -0.2) is 0 Å². The zero-order valence-corrected chi connectivity index (χ0v) is 10.0. The second-order valence-electron chi connectivity index (χ2n) is 4.51. The summed E-state index contributed by atoms with van der Waals surface area (Å²) in [6, 6.07) is 9.56. The van der Waals surface area contributed by atoms with Crippen molar-refractivity contribution in [1.82, 2.24) is 10.3 Å². The van der Waals surface area contributed by atoms with Crippen LogP contribution >= 0.6 is 0 Å². The Labute approximate surface area is 105 Å². The van der Waals surface area contributed by atoms with Crippen LogP contribution in [-0.4, -0.2) is 23.5 Å². The molecule has 1 aromatic carbocycles. The molecule has 0 aliphatic carbocycles. The lowest BCUT2D eigenvalue weighted by molar-refractivity contribution is -0.117. The van der Waals surface area contributed by atoms with Crippen molar-refractivity contribution in [2.75, 3.05) is 11.9 Å². The molecule has 0 radical (unpaired) electrons. The lowest BCUT2D eigenvalue weighted by Gasteiger charge is -2.12. The molecule has 1 amide bonds. The van der Waals surface area contributed by atoms with E-state index in [9.17, 15) is 4.79 Å². The zero-order chi connectivity index (χ0) is 12.4. The molecular formula is C14H15N3O. The predicted molar refractivity (Wildman–Crippen MR) is 71.4 cm³/mol. The van der Waals surface area contributed by atoms with E-state index in [4.69, 9.17) is 0 Å². The molecule has 0 unspecified atom stereocenters. The van der Waals surface area contributed by atoms with Crippen LogP contribution in [-0.2, 0) is 4.79 Å². The smallest absolute Gasteiger partial charge is 0.241 e. The Bertz CT molecular complexity index is 571. The Balaban J connectivity index is 1.88. The van der Waals surface area contributed by atoms with E-state index in [1.807, 2.05) is 30.3 Å². The van der Waals surface area contributed by atoms with Gasteiger partial charge in [-0.2, -0.15) is 0 Å². The summed E-state index contributed by atoms with van der Waals surface area (Å²) in [6.45, 7) is 0.926. The largest absolute Gasteiger partial charge is 0.324 e. The van der Waals surface area contributed by atoms with Crippen molar-refractivity contribution in [1.29, 1.82) is 0 Å².